The summed E-state index contributed by atoms with van der Waals surface area (Å²) in [5, 5.41) is 2.96. The zero-order valence-corrected chi connectivity index (χ0v) is 8.93. The maximum atomic E-state index is 6.03. The van der Waals surface area contributed by atoms with Gasteiger partial charge in [-0.1, -0.05) is 35.4 Å². The van der Waals surface area contributed by atoms with Crippen LogP contribution in [0.2, 0.25) is 5.02 Å². The van der Waals surface area contributed by atoms with E-state index < -0.39 is 0 Å². The second kappa shape index (κ2) is 3.50. The van der Waals surface area contributed by atoms with Crippen LogP contribution >= 0.6 is 11.6 Å². The van der Waals surface area contributed by atoms with Crippen LogP contribution in [-0.4, -0.2) is 7.11 Å². The molecule has 0 spiro atoms. The number of halogens is 1. The predicted molar refractivity (Wildman–Crippen MR) is 60.2 cm³/mol. The van der Waals surface area contributed by atoms with Crippen molar-refractivity contribution >= 4 is 22.4 Å². The molecule has 14 heavy (non-hydrogen) atoms. The Morgan fingerprint density at radius 1 is 1.07 bits per heavy atom. The van der Waals surface area contributed by atoms with Crippen molar-refractivity contribution in [2.75, 3.05) is 7.11 Å². The summed E-state index contributed by atoms with van der Waals surface area (Å²) in [5.41, 5.74) is 1.23. The normalized spacial score (nSPS) is 10.5. The zero-order chi connectivity index (χ0) is 10.1. The van der Waals surface area contributed by atoms with Crippen molar-refractivity contribution < 1.29 is 4.74 Å². The first-order chi connectivity index (χ1) is 6.70. The average Bonchev–Trinajstić information content (AvgIpc) is 2.16. The third kappa shape index (κ3) is 1.55. The van der Waals surface area contributed by atoms with Crippen LogP contribution in [0, 0.1) is 6.92 Å². The summed E-state index contributed by atoms with van der Waals surface area (Å²) in [7, 11) is 1.63. The lowest BCUT2D eigenvalue weighted by atomic mass is 10.1. The largest absolute Gasteiger partial charge is 0.495 e. The summed E-state index contributed by atoms with van der Waals surface area (Å²) >= 11 is 6.03. The molecule has 2 heteroatoms. The molecule has 0 saturated heterocycles. The summed E-state index contributed by atoms with van der Waals surface area (Å²) < 4.78 is 5.15. The second-order valence-electron chi connectivity index (χ2n) is 3.34. The highest BCUT2D eigenvalue weighted by atomic mass is 35.5. The molecule has 2 rings (SSSR count). The van der Waals surface area contributed by atoms with Crippen molar-refractivity contribution in [3.63, 3.8) is 0 Å². The molecule has 2 aromatic carbocycles. The maximum Gasteiger partial charge on any atom is 0.138 e. The smallest absolute Gasteiger partial charge is 0.138 e. The Kier molecular flexibility index (Phi) is 2.34. The Labute approximate surface area is 88.3 Å². The van der Waals surface area contributed by atoms with E-state index >= 15 is 0 Å². The number of hydrogen-bond acceptors (Lipinski definition) is 1. The van der Waals surface area contributed by atoms with Crippen LogP contribution in [0.1, 0.15) is 5.56 Å². The predicted octanol–water partition coefficient (Wildman–Crippen LogP) is 3.81. The molecular formula is C12H11ClO. The summed E-state index contributed by atoms with van der Waals surface area (Å²) in [6, 6.07) is 10.2. The van der Waals surface area contributed by atoms with Gasteiger partial charge in [-0.3, -0.25) is 0 Å². The van der Waals surface area contributed by atoms with E-state index in [0.29, 0.717) is 5.02 Å². The third-order valence-corrected chi connectivity index (χ3v) is 2.56. The molecule has 1 nitrogen and oxygen atoms in total. The van der Waals surface area contributed by atoms with Gasteiger partial charge in [0.25, 0.3) is 0 Å². The fourth-order valence-electron chi connectivity index (χ4n) is 1.52. The van der Waals surface area contributed by atoms with Gasteiger partial charge in [-0.25, -0.2) is 0 Å². The molecule has 0 N–H and O–H groups in total. The minimum absolute atomic E-state index is 0.658. The van der Waals surface area contributed by atoms with Crippen LogP contribution < -0.4 is 4.74 Å². The molecule has 72 valence electrons. The van der Waals surface area contributed by atoms with E-state index in [9.17, 15) is 0 Å². The molecule has 0 amide bonds. The van der Waals surface area contributed by atoms with Gasteiger partial charge in [0.2, 0.25) is 0 Å². The third-order valence-electron chi connectivity index (χ3n) is 2.27. The van der Waals surface area contributed by atoms with Crippen LogP contribution in [0.25, 0.3) is 10.8 Å². The molecule has 0 atom stereocenters. The summed E-state index contributed by atoms with van der Waals surface area (Å²) in [4.78, 5) is 0. The molecule has 0 unspecified atom stereocenters. The highest BCUT2D eigenvalue weighted by Crippen LogP contribution is 2.30. The molecule has 0 heterocycles. The highest BCUT2D eigenvalue weighted by Gasteiger charge is 2.02. The molecule has 0 radical (unpaired) electrons. The Balaban J connectivity index is 2.73. The van der Waals surface area contributed by atoms with Gasteiger partial charge >= 0.3 is 0 Å². The van der Waals surface area contributed by atoms with Gasteiger partial charge in [-0.2, -0.15) is 0 Å². The Morgan fingerprint density at radius 2 is 1.86 bits per heavy atom. The molecule has 0 fully saturated rings. The van der Waals surface area contributed by atoms with Crippen LogP contribution in [0.3, 0.4) is 0 Å². The number of aryl methyl sites for hydroxylation is 1. The van der Waals surface area contributed by atoms with Crippen LogP contribution in [0.15, 0.2) is 30.3 Å². The van der Waals surface area contributed by atoms with Gasteiger partial charge in [-0.05, 0) is 29.8 Å². The standard InChI is InChI=1S/C12H11ClO/c1-8-3-4-9-7-12(14-2)11(13)6-10(9)5-8/h3-7H,1-2H3. The first-order valence-corrected chi connectivity index (χ1v) is 4.82. The van der Waals surface area contributed by atoms with E-state index in [-0.39, 0.29) is 0 Å². The van der Waals surface area contributed by atoms with Crippen molar-refractivity contribution in [1.29, 1.82) is 0 Å². The Bertz CT molecular complexity index is 477. The molecule has 0 saturated carbocycles. The molecule has 2 aromatic rings. The van der Waals surface area contributed by atoms with Gasteiger partial charge in [0.15, 0.2) is 0 Å². The first kappa shape index (κ1) is 9.35. The number of methoxy groups -OCH3 is 1. The minimum Gasteiger partial charge on any atom is -0.495 e. The summed E-state index contributed by atoms with van der Waals surface area (Å²) in [6.45, 7) is 2.07. The fraction of sp³-hybridized carbons (Fsp3) is 0.167. The van der Waals surface area contributed by atoms with Gasteiger partial charge in [0.1, 0.15) is 5.75 Å². The molecule has 0 bridgehead atoms. The van der Waals surface area contributed by atoms with Crippen LogP contribution in [0.4, 0.5) is 0 Å². The van der Waals surface area contributed by atoms with Gasteiger partial charge in [-0.15, -0.1) is 0 Å². The average molecular weight is 207 g/mol. The molecule has 0 aromatic heterocycles. The van der Waals surface area contributed by atoms with Gasteiger partial charge in [0.05, 0.1) is 12.1 Å². The number of benzene rings is 2. The quantitative estimate of drug-likeness (QED) is 0.690. The van der Waals surface area contributed by atoms with E-state index in [1.54, 1.807) is 7.11 Å². The van der Waals surface area contributed by atoms with E-state index in [2.05, 4.69) is 25.1 Å². The number of rotatable bonds is 1. The van der Waals surface area contributed by atoms with E-state index in [1.807, 2.05) is 12.1 Å². The zero-order valence-electron chi connectivity index (χ0n) is 8.17. The summed E-state index contributed by atoms with van der Waals surface area (Å²) in [5.74, 6) is 0.725. The van der Waals surface area contributed by atoms with Crippen molar-refractivity contribution in [3.8, 4) is 5.75 Å². The van der Waals surface area contributed by atoms with Gasteiger partial charge < -0.3 is 4.74 Å². The number of hydrogen-bond donors (Lipinski definition) is 0. The van der Waals surface area contributed by atoms with E-state index in [1.165, 1.54) is 5.56 Å². The van der Waals surface area contributed by atoms with E-state index in [4.69, 9.17) is 16.3 Å². The Morgan fingerprint density at radius 3 is 2.57 bits per heavy atom. The summed E-state index contributed by atoms with van der Waals surface area (Å²) in [6.07, 6.45) is 0. The van der Waals surface area contributed by atoms with Crippen molar-refractivity contribution in [3.05, 3.63) is 40.9 Å². The lowest BCUT2D eigenvalue weighted by molar-refractivity contribution is 0.415. The molecule has 0 aliphatic rings. The lowest BCUT2D eigenvalue weighted by Gasteiger charge is -2.05. The first-order valence-electron chi connectivity index (χ1n) is 4.44. The molecular weight excluding hydrogens is 196 g/mol. The van der Waals surface area contributed by atoms with Crippen molar-refractivity contribution in [1.82, 2.24) is 0 Å². The monoisotopic (exact) mass is 206 g/mol. The number of ether oxygens (including phenoxy) is 1. The lowest BCUT2D eigenvalue weighted by Crippen LogP contribution is -1.84. The SMILES string of the molecule is COc1cc2ccc(C)cc2cc1Cl. The van der Waals surface area contributed by atoms with Crippen LogP contribution in [0.5, 0.6) is 5.75 Å². The van der Waals surface area contributed by atoms with Crippen molar-refractivity contribution in [2.45, 2.75) is 6.92 Å². The number of fused-ring (bicyclic) bond motifs is 1. The van der Waals surface area contributed by atoms with Gasteiger partial charge in [0, 0.05) is 0 Å². The molecule has 0 aliphatic heterocycles. The van der Waals surface area contributed by atoms with E-state index in [0.717, 1.165) is 16.5 Å². The molecule has 0 aliphatic carbocycles. The minimum atomic E-state index is 0.658. The Hall–Kier alpha value is -1.21. The second-order valence-corrected chi connectivity index (χ2v) is 3.74. The topological polar surface area (TPSA) is 9.23 Å². The van der Waals surface area contributed by atoms with Crippen LogP contribution in [-0.2, 0) is 0 Å². The fourth-order valence-corrected chi connectivity index (χ4v) is 1.77. The van der Waals surface area contributed by atoms with Crippen molar-refractivity contribution in [2.24, 2.45) is 0 Å². The highest BCUT2D eigenvalue weighted by molar-refractivity contribution is 6.32. The maximum absolute atomic E-state index is 6.03.